The van der Waals surface area contributed by atoms with Gasteiger partial charge in [-0.3, -0.25) is 0 Å². The van der Waals surface area contributed by atoms with Crippen LogP contribution in [0.25, 0.3) is 95.0 Å². The van der Waals surface area contributed by atoms with Crippen LogP contribution in [0.15, 0.2) is 164 Å². The van der Waals surface area contributed by atoms with Gasteiger partial charge in [0, 0.05) is 38.7 Å². The summed E-state index contributed by atoms with van der Waals surface area (Å²) in [6.07, 6.45) is 0. The van der Waals surface area contributed by atoms with E-state index in [1.807, 2.05) is 78.9 Å². The fourth-order valence-electron chi connectivity index (χ4n) is 9.58. The van der Waals surface area contributed by atoms with E-state index in [1.54, 1.807) is 6.07 Å². The summed E-state index contributed by atoms with van der Waals surface area (Å²) in [6, 6.07) is 55.8. The second-order valence-electron chi connectivity index (χ2n) is 16.6. The molecule has 300 valence electrons. The molecule has 4 nitrogen and oxygen atoms in total. The molecule has 8 aromatic carbocycles. The molecule has 0 aliphatic heterocycles. The number of aryl methyl sites for hydroxylation is 6. The predicted octanol–water partition coefficient (Wildman–Crippen LogP) is 15.0. The molecule has 0 fully saturated rings. The molecule has 0 atom stereocenters. The molecule has 2 aromatic heterocycles. The van der Waals surface area contributed by atoms with E-state index in [4.69, 9.17) is 15.0 Å². The van der Waals surface area contributed by atoms with Gasteiger partial charge in [-0.15, -0.1) is 0 Å². The number of aromatic nitrogens is 4. The average Bonchev–Trinajstić information content (AvgIpc) is 3.59. The van der Waals surface area contributed by atoms with Crippen molar-refractivity contribution in [2.24, 2.45) is 0 Å². The number of halogens is 1. The number of hydrogen-bond acceptors (Lipinski definition) is 3. The van der Waals surface area contributed by atoms with Crippen LogP contribution in [-0.2, 0) is 0 Å². The van der Waals surface area contributed by atoms with Crippen molar-refractivity contribution in [3.63, 3.8) is 0 Å². The van der Waals surface area contributed by atoms with Crippen molar-refractivity contribution in [1.29, 1.82) is 0 Å². The first-order valence-electron chi connectivity index (χ1n) is 21.1. The minimum absolute atomic E-state index is 0.317. The lowest BCUT2D eigenvalue weighted by Gasteiger charge is -2.16. The van der Waals surface area contributed by atoms with E-state index in [1.165, 1.54) is 61.7 Å². The Balaban J connectivity index is 1.26. The highest BCUT2D eigenvalue weighted by molar-refractivity contribution is 6.12. The highest BCUT2D eigenvalue weighted by atomic mass is 19.1. The zero-order valence-electron chi connectivity index (χ0n) is 35.8. The predicted molar refractivity (Wildman–Crippen MR) is 255 cm³/mol. The van der Waals surface area contributed by atoms with Gasteiger partial charge in [0.05, 0.1) is 11.0 Å². The second-order valence-corrected chi connectivity index (χ2v) is 16.6. The molecule has 0 saturated carbocycles. The molecule has 5 heteroatoms. The van der Waals surface area contributed by atoms with Gasteiger partial charge >= 0.3 is 0 Å². The molecule has 0 amide bonds. The Morgan fingerprint density at radius 3 is 1.31 bits per heavy atom. The van der Waals surface area contributed by atoms with Gasteiger partial charge in [-0.1, -0.05) is 132 Å². The highest BCUT2D eigenvalue weighted by Gasteiger charge is 2.22. The second kappa shape index (κ2) is 15.5. The SMILES string of the molecule is Cc1cc(C)c(-c2ccc3c(c2)c2cc(-c4c(C)cc(C)cc4C)ccc2n3-c2ccc(-c3ccccc3F)c(-c3nc(-c4ccccc4)nc(-c4ccccc4)n3)c2)c(C)c1. The summed E-state index contributed by atoms with van der Waals surface area (Å²) in [4.78, 5) is 15.3. The first kappa shape index (κ1) is 38.7. The molecule has 0 spiro atoms. The van der Waals surface area contributed by atoms with Gasteiger partial charge in [-0.05, 0) is 134 Å². The monoisotopic (exact) mass is 804 g/mol. The van der Waals surface area contributed by atoms with Gasteiger partial charge < -0.3 is 4.57 Å². The van der Waals surface area contributed by atoms with Crippen molar-refractivity contribution in [3.8, 4) is 73.2 Å². The molecule has 10 rings (SSSR count). The summed E-state index contributed by atoms with van der Waals surface area (Å²) >= 11 is 0. The molecule has 62 heavy (non-hydrogen) atoms. The number of benzene rings is 8. The van der Waals surface area contributed by atoms with E-state index in [0.29, 0.717) is 34.2 Å². The van der Waals surface area contributed by atoms with E-state index in [9.17, 15) is 0 Å². The first-order chi connectivity index (χ1) is 30.1. The van der Waals surface area contributed by atoms with E-state index in [0.717, 1.165) is 38.6 Å². The molecule has 0 saturated heterocycles. The Kier molecular flexibility index (Phi) is 9.68. The fraction of sp³-hybridized carbons (Fsp3) is 0.105. The smallest absolute Gasteiger partial charge is 0.164 e. The normalized spacial score (nSPS) is 11.5. The van der Waals surface area contributed by atoms with Crippen molar-refractivity contribution in [2.45, 2.75) is 41.5 Å². The Hall–Kier alpha value is -7.50. The van der Waals surface area contributed by atoms with Gasteiger partial charge in [0.15, 0.2) is 17.5 Å². The lowest BCUT2D eigenvalue weighted by molar-refractivity contribution is 0.631. The summed E-state index contributed by atoms with van der Waals surface area (Å²) in [5.41, 5.74) is 19.1. The van der Waals surface area contributed by atoms with E-state index in [-0.39, 0.29) is 5.82 Å². The lowest BCUT2D eigenvalue weighted by Crippen LogP contribution is -2.03. The third kappa shape index (κ3) is 6.86. The van der Waals surface area contributed by atoms with E-state index < -0.39 is 0 Å². The molecular weight excluding hydrogens is 760 g/mol. The van der Waals surface area contributed by atoms with Crippen molar-refractivity contribution in [3.05, 3.63) is 203 Å². The summed E-state index contributed by atoms with van der Waals surface area (Å²) in [5.74, 6) is 1.22. The fourth-order valence-corrected chi connectivity index (χ4v) is 9.58. The van der Waals surface area contributed by atoms with Crippen molar-refractivity contribution in [1.82, 2.24) is 19.5 Å². The first-order valence-corrected chi connectivity index (χ1v) is 21.1. The molecule has 0 unspecified atom stereocenters. The molecule has 10 aromatic rings. The zero-order chi connectivity index (χ0) is 42.6. The van der Waals surface area contributed by atoms with Gasteiger partial charge in [0.25, 0.3) is 0 Å². The standard InChI is InChI=1S/C57H45FN4/c1-34-27-36(3)53(37(4)28-34)42-21-25-51-47(31-42)48-32-43(54-38(5)29-35(2)30-39(54)6)22-26-52(48)62(51)44-23-24-45(46-19-13-14-20-50(46)58)49(33-44)57-60-55(40-15-9-7-10-16-40)59-56(61-57)41-17-11-8-12-18-41/h7-33H,1-6H3. The number of nitrogens with zero attached hydrogens (tertiary/aromatic N) is 4. The van der Waals surface area contributed by atoms with Crippen LogP contribution in [0.4, 0.5) is 4.39 Å². The minimum Gasteiger partial charge on any atom is -0.309 e. The van der Waals surface area contributed by atoms with E-state index >= 15 is 4.39 Å². The Morgan fingerprint density at radius 1 is 0.371 bits per heavy atom. The summed E-state index contributed by atoms with van der Waals surface area (Å²) in [7, 11) is 0. The molecular formula is C57H45FN4. The Morgan fingerprint density at radius 2 is 0.823 bits per heavy atom. The minimum atomic E-state index is -0.317. The van der Waals surface area contributed by atoms with Crippen LogP contribution in [0.5, 0.6) is 0 Å². The Bertz CT molecular complexity index is 3150. The summed E-state index contributed by atoms with van der Waals surface area (Å²) in [5, 5.41) is 2.30. The van der Waals surface area contributed by atoms with Gasteiger partial charge in [-0.2, -0.15) is 0 Å². The van der Waals surface area contributed by atoms with E-state index in [2.05, 4.69) is 119 Å². The van der Waals surface area contributed by atoms with Crippen molar-refractivity contribution < 1.29 is 4.39 Å². The zero-order valence-corrected chi connectivity index (χ0v) is 35.8. The van der Waals surface area contributed by atoms with Crippen LogP contribution in [0, 0.1) is 47.4 Å². The maximum absolute atomic E-state index is 15.9. The molecule has 0 N–H and O–H groups in total. The van der Waals surface area contributed by atoms with Gasteiger partial charge in [0.2, 0.25) is 0 Å². The maximum atomic E-state index is 15.9. The van der Waals surface area contributed by atoms with Crippen molar-refractivity contribution in [2.75, 3.05) is 0 Å². The lowest BCUT2D eigenvalue weighted by atomic mass is 9.91. The van der Waals surface area contributed by atoms with Crippen LogP contribution in [0.2, 0.25) is 0 Å². The third-order valence-corrected chi connectivity index (χ3v) is 12.1. The average molecular weight is 805 g/mol. The van der Waals surface area contributed by atoms with Crippen LogP contribution < -0.4 is 0 Å². The van der Waals surface area contributed by atoms with Gasteiger partial charge in [0.1, 0.15) is 5.82 Å². The van der Waals surface area contributed by atoms with Crippen LogP contribution in [0.1, 0.15) is 33.4 Å². The van der Waals surface area contributed by atoms with Gasteiger partial charge in [-0.25, -0.2) is 19.3 Å². The number of fused-ring (bicyclic) bond motifs is 3. The molecule has 0 aliphatic rings. The van der Waals surface area contributed by atoms with Crippen LogP contribution in [-0.4, -0.2) is 19.5 Å². The largest absolute Gasteiger partial charge is 0.309 e. The molecule has 0 aliphatic carbocycles. The summed E-state index contributed by atoms with van der Waals surface area (Å²) in [6.45, 7) is 13.1. The summed E-state index contributed by atoms with van der Waals surface area (Å²) < 4.78 is 18.2. The highest BCUT2D eigenvalue weighted by Crippen LogP contribution is 2.42. The maximum Gasteiger partial charge on any atom is 0.164 e. The topological polar surface area (TPSA) is 43.6 Å². The third-order valence-electron chi connectivity index (χ3n) is 12.1. The molecule has 2 heterocycles. The van der Waals surface area contributed by atoms with Crippen molar-refractivity contribution >= 4 is 21.8 Å². The van der Waals surface area contributed by atoms with Crippen LogP contribution >= 0.6 is 0 Å². The number of rotatable bonds is 7. The quantitative estimate of drug-likeness (QED) is 0.161. The van der Waals surface area contributed by atoms with Crippen LogP contribution in [0.3, 0.4) is 0 Å². The molecule has 0 bridgehead atoms. The number of hydrogen-bond donors (Lipinski definition) is 0. The Labute approximate surface area is 362 Å². The molecule has 0 radical (unpaired) electrons.